The van der Waals surface area contributed by atoms with Gasteiger partial charge < -0.3 is 15.7 Å². The summed E-state index contributed by atoms with van der Waals surface area (Å²) in [5, 5.41) is 16.0. The van der Waals surface area contributed by atoms with Crippen molar-refractivity contribution in [1.82, 2.24) is 10.6 Å². The summed E-state index contributed by atoms with van der Waals surface area (Å²) in [6.45, 7) is 0.270. The highest BCUT2D eigenvalue weighted by Gasteiger charge is 2.35. The van der Waals surface area contributed by atoms with E-state index in [0.717, 1.165) is 24.2 Å². The molecule has 2 aliphatic rings. The standard InChI is InChI=1S/C16H21FN2O2S/c17-13-5-3-12(4-6-13)14(11-1-2-11)19-15(20)18-9-16(21)7-8-22-10-16/h3-6,11,14,21H,1-2,7-10H2,(H2,18,19,20). The molecule has 3 N–H and O–H groups in total. The maximum Gasteiger partial charge on any atom is 0.315 e. The van der Waals surface area contributed by atoms with Crippen molar-refractivity contribution in [3.63, 3.8) is 0 Å². The monoisotopic (exact) mass is 324 g/mol. The predicted octanol–water partition coefficient (Wildman–Crippen LogP) is 2.44. The maximum absolute atomic E-state index is 13.0. The number of thioether (sulfide) groups is 1. The van der Waals surface area contributed by atoms with Crippen LogP contribution in [0.15, 0.2) is 24.3 Å². The molecule has 0 aromatic heterocycles. The Labute approximate surface area is 133 Å². The van der Waals surface area contributed by atoms with Crippen molar-refractivity contribution in [2.75, 3.05) is 18.1 Å². The fraction of sp³-hybridized carbons (Fsp3) is 0.562. The number of halogens is 1. The summed E-state index contributed by atoms with van der Waals surface area (Å²) >= 11 is 1.70. The van der Waals surface area contributed by atoms with Crippen LogP contribution < -0.4 is 10.6 Å². The van der Waals surface area contributed by atoms with E-state index < -0.39 is 5.60 Å². The SMILES string of the molecule is O=C(NCC1(O)CCSC1)NC(c1ccc(F)cc1)C1CC1. The Morgan fingerprint density at radius 1 is 1.41 bits per heavy atom. The van der Waals surface area contributed by atoms with Gasteiger partial charge in [-0.2, -0.15) is 11.8 Å². The molecule has 0 radical (unpaired) electrons. The van der Waals surface area contributed by atoms with Crippen LogP contribution in [0.1, 0.15) is 30.9 Å². The summed E-state index contributed by atoms with van der Waals surface area (Å²) in [4.78, 5) is 12.1. The topological polar surface area (TPSA) is 61.4 Å². The van der Waals surface area contributed by atoms with Crippen molar-refractivity contribution in [2.45, 2.75) is 30.9 Å². The minimum atomic E-state index is -0.785. The normalized spacial score (nSPS) is 25.7. The summed E-state index contributed by atoms with van der Waals surface area (Å²) in [5.41, 5.74) is 0.140. The van der Waals surface area contributed by atoms with Gasteiger partial charge in [0.1, 0.15) is 5.82 Å². The third kappa shape index (κ3) is 3.93. The zero-order valence-corrected chi connectivity index (χ0v) is 13.2. The molecule has 2 fully saturated rings. The number of hydrogen-bond acceptors (Lipinski definition) is 3. The van der Waals surface area contributed by atoms with Gasteiger partial charge in [0, 0.05) is 12.3 Å². The van der Waals surface area contributed by atoms with Gasteiger partial charge in [-0.1, -0.05) is 12.1 Å². The summed E-state index contributed by atoms with van der Waals surface area (Å²) in [6.07, 6.45) is 2.85. The number of hydrogen-bond donors (Lipinski definition) is 3. The van der Waals surface area contributed by atoms with Crippen molar-refractivity contribution < 1.29 is 14.3 Å². The molecule has 4 nitrogen and oxygen atoms in total. The van der Waals surface area contributed by atoms with Crippen LogP contribution in [0.25, 0.3) is 0 Å². The molecule has 22 heavy (non-hydrogen) atoms. The van der Waals surface area contributed by atoms with Gasteiger partial charge in [-0.05, 0) is 48.6 Å². The van der Waals surface area contributed by atoms with Crippen LogP contribution in [-0.4, -0.2) is 34.8 Å². The Kier molecular flexibility index (Phi) is 4.59. The van der Waals surface area contributed by atoms with E-state index in [4.69, 9.17) is 0 Å². The molecule has 3 rings (SSSR count). The summed E-state index contributed by atoms with van der Waals surface area (Å²) in [7, 11) is 0. The number of benzene rings is 1. The van der Waals surface area contributed by atoms with Gasteiger partial charge in [-0.15, -0.1) is 0 Å². The average Bonchev–Trinajstić information content (AvgIpc) is 3.26. The highest BCUT2D eigenvalue weighted by Crippen LogP contribution is 2.41. The Bertz CT molecular complexity index is 527. The van der Waals surface area contributed by atoms with Gasteiger partial charge in [0.2, 0.25) is 0 Å². The summed E-state index contributed by atoms with van der Waals surface area (Å²) in [6, 6.07) is 5.92. The minimum absolute atomic E-state index is 0.0896. The Morgan fingerprint density at radius 2 is 2.14 bits per heavy atom. The van der Waals surface area contributed by atoms with E-state index in [1.165, 1.54) is 12.1 Å². The molecule has 1 aliphatic heterocycles. The summed E-state index contributed by atoms with van der Waals surface area (Å²) in [5.74, 6) is 1.74. The van der Waals surface area contributed by atoms with Crippen LogP contribution in [0, 0.1) is 11.7 Å². The molecule has 2 amide bonds. The van der Waals surface area contributed by atoms with Gasteiger partial charge in [-0.25, -0.2) is 9.18 Å². The molecule has 1 aromatic carbocycles. The van der Waals surface area contributed by atoms with Gasteiger partial charge in [0.25, 0.3) is 0 Å². The molecule has 6 heteroatoms. The van der Waals surface area contributed by atoms with Crippen LogP contribution in [0.3, 0.4) is 0 Å². The van der Waals surface area contributed by atoms with E-state index in [9.17, 15) is 14.3 Å². The number of nitrogens with one attached hydrogen (secondary N) is 2. The highest BCUT2D eigenvalue weighted by molar-refractivity contribution is 7.99. The average molecular weight is 324 g/mol. The van der Waals surface area contributed by atoms with Crippen LogP contribution in [0.2, 0.25) is 0 Å². The van der Waals surface area contributed by atoms with Crippen molar-refractivity contribution >= 4 is 17.8 Å². The Morgan fingerprint density at radius 3 is 2.73 bits per heavy atom. The molecule has 2 unspecified atom stereocenters. The Balaban J connectivity index is 1.56. The Hall–Kier alpha value is -1.27. The molecule has 1 saturated heterocycles. The summed E-state index contributed by atoms with van der Waals surface area (Å²) < 4.78 is 13.0. The molecule has 1 heterocycles. The number of urea groups is 1. The predicted molar refractivity (Wildman–Crippen MR) is 85.3 cm³/mol. The highest BCUT2D eigenvalue weighted by atomic mass is 32.2. The molecule has 120 valence electrons. The molecule has 1 aliphatic carbocycles. The lowest BCUT2D eigenvalue weighted by Crippen LogP contribution is -2.47. The third-order valence-corrected chi connectivity index (χ3v) is 5.50. The fourth-order valence-electron chi connectivity index (χ4n) is 2.75. The number of aliphatic hydroxyl groups is 1. The van der Waals surface area contributed by atoms with Crippen LogP contribution in [0.4, 0.5) is 9.18 Å². The van der Waals surface area contributed by atoms with Gasteiger partial charge >= 0.3 is 6.03 Å². The number of carbonyl (C=O) groups is 1. The lowest BCUT2D eigenvalue weighted by molar-refractivity contribution is 0.0698. The molecule has 1 saturated carbocycles. The minimum Gasteiger partial charge on any atom is -0.387 e. The van der Waals surface area contributed by atoms with Gasteiger partial charge in [0.15, 0.2) is 0 Å². The quantitative estimate of drug-likeness (QED) is 0.780. The first-order valence-electron chi connectivity index (χ1n) is 7.66. The second-order valence-corrected chi connectivity index (χ2v) is 7.33. The maximum atomic E-state index is 13.0. The largest absolute Gasteiger partial charge is 0.387 e. The lowest BCUT2D eigenvalue weighted by Gasteiger charge is -2.24. The van der Waals surface area contributed by atoms with E-state index in [1.54, 1.807) is 23.9 Å². The first-order chi connectivity index (χ1) is 10.6. The second kappa shape index (κ2) is 6.46. The smallest absolute Gasteiger partial charge is 0.315 e. The fourth-order valence-corrected chi connectivity index (χ4v) is 4.04. The van der Waals surface area contributed by atoms with Crippen LogP contribution in [0.5, 0.6) is 0 Å². The first-order valence-corrected chi connectivity index (χ1v) is 8.81. The molecule has 2 atom stereocenters. The molecule has 0 spiro atoms. The molecule has 0 bridgehead atoms. The molecular formula is C16H21FN2O2S. The molecule has 1 aromatic rings. The van der Waals surface area contributed by atoms with Crippen molar-refractivity contribution in [2.24, 2.45) is 5.92 Å². The van der Waals surface area contributed by atoms with Gasteiger partial charge in [-0.3, -0.25) is 0 Å². The number of carbonyl (C=O) groups excluding carboxylic acids is 1. The van der Waals surface area contributed by atoms with E-state index in [-0.39, 0.29) is 24.4 Å². The second-order valence-electron chi connectivity index (χ2n) is 6.22. The first kappa shape index (κ1) is 15.6. The number of rotatable bonds is 5. The molecular weight excluding hydrogens is 303 g/mol. The third-order valence-electron chi connectivity index (χ3n) is 4.27. The van der Waals surface area contributed by atoms with E-state index >= 15 is 0 Å². The van der Waals surface area contributed by atoms with Crippen LogP contribution >= 0.6 is 11.8 Å². The van der Waals surface area contributed by atoms with Crippen molar-refractivity contribution in [3.8, 4) is 0 Å². The van der Waals surface area contributed by atoms with E-state index in [1.807, 2.05) is 0 Å². The van der Waals surface area contributed by atoms with Gasteiger partial charge in [0.05, 0.1) is 11.6 Å². The van der Waals surface area contributed by atoms with Crippen molar-refractivity contribution in [3.05, 3.63) is 35.6 Å². The zero-order valence-electron chi connectivity index (χ0n) is 12.3. The van der Waals surface area contributed by atoms with E-state index in [2.05, 4.69) is 10.6 Å². The number of amides is 2. The van der Waals surface area contributed by atoms with E-state index in [0.29, 0.717) is 18.1 Å². The lowest BCUT2D eigenvalue weighted by atomic mass is 10.0. The van der Waals surface area contributed by atoms with Crippen LogP contribution in [-0.2, 0) is 0 Å². The zero-order chi connectivity index (χ0) is 15.6. The van der Waals surface area contributed by atoms with Crippen molar-refractivity contribution in [1.29, 1.82) is 0 Å².